The Morgan fingerprint density at radius 1 is 1.19 bits per heavy atom. The van der Waals surface area contributed by atoms with E-state index in [2.05, 4.69) is 31.3 Å². The van der Waals surface area contributed by atoms with Gasteiger partial charge >= 0.3 is 0 Å². The average Bonchev–Trinajstić information content (AvgIpc) is 2.47. The van der Waals surface area contributed by atoms with Gasteiger partial charge in [-0.2, -0.15) is 0 Å². The zero-order valence-electron chi connectivity index (χ0n) is 12.4. The fourth-order valence-corrected chi connectivity index (χ4v) is 3.02. The first-order valence-corrected chi connectivity index (χ1v) is 7.44. The smallest absolute Gasteiger partial charge is 0.127 e. The highest BCUT2D eigenvalue weighted by molar-refractivity contribution is 5.40. The van der Waals surface area contributed by atoms with E-state index in [1.54, 1.807) is 0 Å². The summed E-state index contributed by atoms with van der Waals surface area (Å²) in [6.45, 7) is 5.05. The van der Waals surface area contributed by atoms with Gasteiger partial charge in [-0.3, -0.25) is 0 Å². The first-order valence-electron chi connectivity index (χ1n) is 7.44. The molecule has 0 saturated heterocycles. The third kappa shape index (κ3) is 2.79. The van der Waals surface area contributed by atoms with Crippen molar-refractivity contribution in [3.05, 3.63) is 65.0 Å². The second kappa shape index (κ2) is 5.86. The van der Waals surface area contributed by atoms with E-state index in [0.29, 0.717) is 5.75 Å². The van der Waals surface area contributed by atoms with Gasteiger partial charge < -0.3 is 10.1 Å². The first-order chi connectivity index (χ1) is 10.2. The number of hydrogen-bond donors (Lipinski definition) is 1. The minimum Gasteiger partial charge on any atom is -0.485 e. The summed E-state index contributed by atoms with van der Waals surface area (Å²) in [5.41, 5.74) is 3.43. The molecule has 0 bridgehead atoms. The number of ether oxygens (including phenoxy) is 1. The lowest BCUT2D eigenvalue weighted by Gasteiger charge is -2.33. The van der Waals surface area contributed by atoms with Crippen molar-refractivity contribution in [2.75, 3.05) is 6.54 Å². The fourth-order valence-electron chi connectivity index (χ4n) is 3.02. The number of halogens is 1. The Hall–Kier alpha value is -1.87. The standard InChI is InChI=1S/C18H20FNO/c1-3-20-16-11-18(14-7-5-4-6-12(14)2)21-17-10-13(19)8-9-15(16)17/h4-10,16,18,20H,3,11H2,1-2H3. The molecule has 3 heteroatoms. The molecular weight excluding hydrogens is 265 g/mol. The average molecular weight is 285 g/mol. The molecule has 0 aliphatic carbocycles. The summed E-state index contributed by atoms with van der Waals surface area (Å²) in [7, 11) is 0. The molecule has 2 aromatic carbocycles. The van der Waals surface area contributed by atoms with Crippen LogP contribution in [0.4, 0.5) is 4.39 Å². The third-order valence-electron chi connectivity index (χ3n) is 4.06. The molecule has 0 amide bonds. The summed E-state index contributed by atoms with van der Waals surface area (Å²) in [5, 5.41) is 3.48. The van der Waals surface area contributed by atoms with Crippen molar-refractivity contribution in [1.29, 1.82) is 0 Å². The number of hydrogen-bond acceptors (Lipinski definition) is 2. The molecule has 21 heavy (non-hydrogen) atoms. The van der Waals surface area contributed by atoms with Crippen LogP contribution in [0, 0.1) is 12.7 Å². The zero-order chi connectivity index (χ0) is 14.8. The molecule has 0 spiro atoms. The summed E-state index contributed by atoms with van der Waals surface area (Å²) < 4.78 is 19.6. The molecule has 2 unspecified atom stereocenters. The minimum atomic E-state index is -0.255. The highest BCUT2D eigenvalue weighted by atomic mass is 19.1. The Morgan fingerprint density at radius 2 is 2.00 bits per heavy atom. The van der Waals surface area contributed by atoms with Crippen molar-refractivity contribution >= 4 is 0 Å². The zero-order valence-corrected chi connectivity index (χ0v) is 12.4. The van der Waals surface area contributed by atoms with E-state index in [0.717, 1.165) is 18.5 Å². The molecule has 2 atom stereocenters. The van der Waals surface area contributed by atoms with E-state index < -0.39 is 0 Å². The maximum atomic E-state index is 13.5. The van der Waals surface area contributed by atoms with Crippen LogP contribution in [0.1, 0.15) is 42.2 Å². The van der Waals surface area contributed by atoms with E-state index in [-0.39, 0.29) is 18.0 Å². The van der Waals surface area contributed by atoms with Gasteiger partial charge in [0.1, 0.15) is 17.7 Å². The third-order valence-corrected chi connectivity index (χ3v) is 4.06. The van der Waals surface area contributed by atoms with Crippen LogP contribution in [0.3, 0.4) is 0 Å². The Morgan fingerprint density at radius 3 is 2.76 bits per heavy atom. The highest BCUT2D eigenvalue weighted by Gasteiger charge is 2.29. The van der Waals surface area contributed by atoms with Crippen molar-refractivity contribution < 1.29 is 9.13 Å². The molecule has 1 heterocycles. The lowest BCUT2D eigenvalue weighted by Crippen LogP contribution is -2.29. The van der Waals surface area contributed by atoms with Gasteiger partial charge in [0.05, 0.1) is 0 Å². The van der Waals surface area contributed by atoms with Gasteiger partial charge in [0.25, 0.3) is 0 Å². The van der Waals surface area contributed by atoms with Crippen LogP contribution in [-0.2, 0) is 0 Å². The molecule has 1 N–H and O–H groups in total. The van der Waals surface area contributed by atoms with Crippen LogP contribution in [-0.4, -0.2) is 6.54 Å². The predicted molar refractivity (Wildman–Crippen MR) is 82.0 cm³/mol. The van der Waals surface area contributed by atoms with E-state index in [1.165, 1.54) is 23.3 Å². The van der Waals surface area contributed by atoms with Gasteiger partial charge in [-0.1, -0.05) is 37.3 Å². The molecule has 1 aliphatic rings. The predicted octanol–water partition coefficient (Wildman–Crippen LogP) is 4.31. The Balaban J connectivity index is 1.98. The lowest BCUT2D eigenvalue weighted by atomic mass is 9.91. The van der Waals surface area contributed by atoms with Crippen LogP contribution in [0.25, 0.3) is 0 Å². The van der Waals surface area contributed by atoms with Gasteiger partial charge in [-0.05, 0) is 30.7 Å². The monoisotopic (exact) mass is 285 g/mol. The number of benzene rings is 2. The minimum absolute atomic E-state index is 0.0375. The molecule has 1 aliphatic heterocycles. The summed E-state index contributed by atoms with van der Waals surface area (Å²) in [4.78, 5) is 0. The number of rotatable bonds is 3. The topological polar surface area (TPSA) is 21.3 Å². The molecular formula is C18H20FNO. The summed E-state index contributed by atoms with van der Waals surface area (Å²) in [5.74, 6) is 0.398. The van der Waals surface area contributed by atoms with E-state index in [4.69, 9.17) is 4.74 Å². The van der Waals surface area contributed by atoms with Gasteiger partial charge in [0.2, 0.25) is 0 Å². The number of aryl methyl sites for hydroxylation is 1. The normalized spacial score (nSPS) is 20.7. The lowest BCUT2D eigenvalue weighted by molar-refractivity contribution is 0.151. The summed E-state index contributed by atoms with van der Waals surface area (Å²) in [6, 6.07) is 13.2. The van der Waals surface area contributed by atoms with E-state index in [1.807, 2.05) is 18.2 Å². The van der Waals surface area contributed by atoms with Gasteiger partial charge in [-0.15, -0.1) is 0 Å². The largest absolute Gasteiger partial charge is 0.485 e. The second-order valence-corrected chi connectivity index (χ2v) is 5.49. The second-order valence-electron chi connectivity index (χ2n) is 5.49. The van der Waals surface area contributed by atoms with Crippen molar-refractivity contribution in [2.45, 2.75) is 32.4 Å². The molecule has 0 aromatic heterocycles. The first kappa shape index (κ1) is 14.1. The maximum absolute atomic E-state index is 13.5. The van der Waals surface area contributed by atoms with Gasteiger partial charge in [0, 0.05) is 24.1 Å². The summed E-state index contributed by atoms with van der Waals surface area (Å²) >= 11 is 0. The maximum Gasteiger partial charge on any atom is 0.127 e. The molecule has 0 saturated carbocycles. The van der Waals surface area contributed by atoms with E-state index >= 15 is 0 Å². The quantitative estimate of drug-likeness (QED) is 0.907. The summed E-state index contributed by atoms with van der Waals surface area (Å²) in [6.07, 6.45) is 0.821. The van der Waals surface area contributed by atoms with Crippen molar-refractivity contribution in [1.82, 2.24) is 5.32 Å². The number of fused-ring (bicyclic) bond motifs is 1. The Labute approximate surface area is 125 Å². The molecule has 110 valence electrons. The molecule has 0 fully saturated rings. The molecule has 2 aromatic rings. The van der Waals surface area contributed by atoms with Crippen LogP contribution in [0.5, 0.6) is 5.75 Å². The van der Waals surface area contributed by atoms with Gasteiger partial charge in [-0.25, -0.2) is 4.39 Å². The van der Waals surface area contributed by atoms with Crippen LogP contribution in [0.2, 0.25) is 0 Å². The van der Waals surface area contributed by atoms with Crippen molar-refractivity contribution in [3.8, 4) is 5.75 Å². The highest BCUT2D eigenvalue weighted by Crippen LogP contribution is 2.41. The van der Waals surface area contributed by atoms with Crippen LogP contribution < -0.4 is 10.1 Å². The Kier molecular flexibility index (Phi) is 3.93. The van der Waals surface area contributed by atoms with E-state index in [9.17, 15) is 4.39 Å². The van der Waals surface area contributed by atoms with Crippen molar-refractivity contribution in [2.24, 2.45) is 0 Å². The van der Waals surface area contributed by atoms with Crippen molar-refractivity contribution in [3.63, 3.8) is 0 Å². The SMILES string of the molecule is CCNC1CC(c2ccccc2C)Oc2cc(F)ccc21. The fraction of sp³-hybridized carbons (Fsp3) is 0.333. The number of nitrogens with one attached hydrogen (secondary N) is 1. The van der Waals surface area contributed by atoms with Crippen LogP contribution >= 0.6 is 0 Å². The van der Waals surface area contributed by atoms with Gasteiger partial charge in [0.15, 0.2) is 0 Å². The molecule has 0 radical (unpaired) electrons. The molecule has 3 rings (SSSR count). The molecule has 2 nitrogen and oxygen atoms in total. The Bertz CT molecular complexity index is 641. The van der Waals surface area contributed by atoms with Crippen LogP contribution in [0.15, 0.2) is 42.5 Å².